The fourth-order valence-corrected chi connectivity index (χ4v) is 3.22. The van der Waals surface area contributed by atoms with Crippen molar-refractivity contribution >= 4 is 95.8 Å². The van der Waals surface area contributed by atoms with Crippen LogP contribution in [0.3, 0.4) is 0 Å². The number of fused-ring (bicyclic) bond motifs is 1. The van der Waals surface area contributed by atoms with Crippen molar-refractivity contribution < 1.29 is 25.9 Å². The van der Waals surface area contributed by atoms with Gasteiger partial charge in [-0.15, -0.1) is 0 Å². The molecule has 0 fully saturated rings. The summed E-state index contributed by atoms with van der Waals surface area (Å²) in [6, 6.07) is 5.85. The standard InChI is InChI=1S/C10H9NO6S2.2Na/c11-6-4-8-7(10(5-6)19(15,16)17)2-1-3-9(8)18(12,13)14;;/h1-5H,11H2,(H,12,13,14)(H,15,16,17);;. The second-order valence-corrected chi connectivity index (χ2v) is 6.60. The molecule has 0 aliphatic carbocycles. The fourth-order valence-electron chi connectivity index (χ4n) is 1.78. The van der Waals surface area contributed by atoms with Gasteiger partial charge < -0.3 is 5.73 Å². The third-order valence-corrected chi connectivity index (χ3v) is 4.30. The Labute approximate surface area is 166 Å². The average Bonchev–Trinajstić information content (AvgIpc) is 2.24. The fraction of sp³-hybridized carbons (Fsp3) is 0. The minimum atomic E-state index is -4.57. The van der Waals surface area contributed by atoms with E-state index in [4.69, 9.17) is 14.8 Å². The van der Waals surface area contributed by atoms with Crippen molar-refractivity contribution in [1.29, 1.82) is 0 Å². The summed E-state index contributed by atoms with van der Waals surface area (Å²) >= 11 is 0. The minimum absolute atomic E-state index is 0. The van der Waals surface area contributed by atoms with E-state index in [1.54, 1.807) is 0 Å². The molecular weight excluding hydrogens is 340 g/mol. The molecule has 0 saturated heterocycles. The molecule has 0 heterocycles. The molecule has 0 amide bonds. The molecule has 0 unspecified atom stereocenters. The smallest absolute Gasteiger partial charge is 0.295 e. The van der Waals surface area contributed by atoms with Gasteiger partial charge in [0.05, 0.1) is 0 Å². The van der Waals surface area contributed by atoms with Gasteiger partial charge in [-0.25, -0.2) is 0 Å². The summed E-state index contributed by atoms with van der Waals surface area (Å²) in [5.41, 5.74) is 5.42. The molecule has 0 bridgehead atoms. The van der Waals surface area contributed by atoms with E-state index in [-0.39, 0.29) is 75.6 Å². The topological polar surface area (TPSA) is 135 Å². The van der Waals surface area contributed by atoms with E-state index in [1.165, 1.54) is 18.2 Å². The van der Waals surface area contributed by atoms with E-state index in [0.717, 1.165) is 12.1 Å². The van der Waals surface area contributed by atoms with Crippen LogP contribution in [0.25, 0.3) is 10.8 Å². The number of hydrogen-bond donors (Lipinski definition) is 3. The van der Waals surface area contributed by atoms with Gasteiger partial charge in [-0.3, -0.25) is 9.11 Å². The molecule has 7 nitrogen and oxygen atoms in total. The number of anilines is 1. The molecule has 0 aromatic heterocycles. The van der Waals surface area contributed by atoms with Gasteiger partial charge in [0.25, 0.3) is 20.2 Å². The van der Waals surface area contributed by atoms with E-state index >= 15 is 0 Å². The van der Waals surface area contributed by atoms with Crippen molar-refractivity contribution in [3.8, 4) is 0 Å². The molecule has 2 aromatic carbocycles. The summed E-state index contributed by atoms with van der Waals surface area (Å²) in [6.07, 6.45) is 0. The van der Waals surface area contributed by atoms with Crippen LogP contribution in [0.15, 0.2) is 40.1 Å². The van der Waals surface area contributed by atoms with Crippen LogP contribution in [0, 0.1) is 0 Å². The number of benzene rings is 2. The normalized spacial score (nSPS) is 11.5. The monoisotopic (exact) mass is 349 g/mol. The molecule has 104 valence electrons. The van der Waals surface area contributed by atoms with Crippen LogP contribution < -0.4 is 5.73 Å². The molecule has 4 N–H and O–H groups in total. The van der Waals surface area contributed by atoms with Crippen LogP contribution in [-0.2, 0) is 20.2 Å². The van der Waals surface area contributed by atoms with E-state index < -0.39 is 30.0 Å². The summed E-state index contributed by atoms with van der Waals surface area (Å²) in [4.78, 5) is -1.00. The summed E-state index contributed by atoms with van der Waals surface area (Å²) in [6.45, 7) is 0. The maximum absolute atomic E-state index is 11.2. The quantitative estimate of drug-likeness (QED) is 0.399. The summed E-state index contributed by atoms with van der Waals surface area (Å²) in [5.74, 6) is 0. The Morgan fingerprint density at radius 2 is 1.33 bits per heavy atom. The summed E-state index contributed by atoms with van der Waals surface area (Å²) in [5, 5.41) is -0.135. The van der Waals surface area contributed by atoms with Gasteiger partial charge in [0.1, 0.15) is 9.79 Å². The Bertz CT molecular complexity index is 880. The Morgan fingerprint density at radius 3 is 1.81 bits per heavy atom. The second kappa shape index (κ2) is 7.26. The Kier molecular flexibility index (Phi) is 7.37. The second-order valence-electron chi connectivity index (χ2n) is 3.82. The van der Waals surface area contributed by atoms with E-state index in [1.807, 2.05) is 0 Å². The number of nitrogen functional groups attached to an aromatic ring is 1. The molecule has 0 atom stereocenters. The largest absolute Gasteiger partial charge is 0.399 e. The average molecular weight is 349 g/mol. The predicted octanol–water partition coefficient (Wildman–Crippen LogP) is 0.154. The van der Waals surface area contributed by atoms with Gasteiger partial charge in [-0.1, -0.05) is 12.1 Å². The Hall–Kier alpha value is 0.320. The predicted molar refractivity (Wildman–Crippen MR) is 79.5 cm³/mol. The zero-order valence-corrected chi connectivity index (χ0v) is 16.9. The van der Waals surface area contributed by atoms with Crippen molar-refractivity contribution in [2.24, 2.45) is 0 Å². The third kappa shape index (κ3) is 4.64. The van der Waals surface area contributed by atoms with Gasteiger partial charge in [-0.05, 0) is 18.2 Å². The van der Waals surface area contributed by atoms with Crippen molar-refractivity contribution in [3.63, 3.8) is 0 Å². The molecule has 0 aliphatic rings. The maximum Gasteiger partial charge on any atom is 0.295 e. The zero-order chi connectivity index (χ0) is 14.4. The molecular formula is C10H9NNa2O6S2. The van der Waals surface area contributed by atoms with Crippen LogP contribution >= 0.6 is 0 Å². The molecule has 2 rings (SSSR count). The molecule has 0 aliphatic heterocycles. The van der Waals surface area contributed by atoms with Gasteiger partial charge in [0.2, 0.25) is 0 Å². The molecule has 0 saturated carbocycles. The van der Waals surface area contributed by atoms with Crippen LogP contribution in [0.4, 0.5) is 5.69 Å². The van der Waals surface area contributed by atoms with Crippen molar-refractivity contribution in [2.75, 3.05) is 5.73 Å². The first-order valence-corrected chi connectivity index (χ1v) is 7.76. The van der Waals surface area contributed by atoms with Gasteiger partial charge in [0, 0.05) is 75.6 Å². The maximum atomic E-state index is 11.2. The van der Waals surface area contributed by atoms with Gasteiger partial charge >= 0.3 is 0 Å². The molecule has 2 radical (unpaired) electrons. The SMILES string of the molecule is Nc1cc(S(=O)(=O)O)c2cccc(S(=O)(=O)O)c2c1.[Na].[Na]. The van der Waals surface area contributed by atoms with E-state index in [2.05, 4.69) is 0 Å². The van der Waals surface area contributed by atoms with E-state index in [0.29, 0.717) is 0 Å². The number of rotatable bonds is 2. The first-order chi connectivity index (χ1) is 8.60. The molecule has 11 heteroatoms. The first kappa shape index (κ1) is 21.3. The summed E-state index contributed by atoms with van der Waals surface area (Å²) in [7, 11) is -9.11. The first-order valence-electron chi connectivity index (χ1n) is 4.88. The van der Waals surface area contributed by atoms with E-state index in [9.17, 15) is 16.8 Å². The van der Waals surface area contributed by atoms with Gasteiger partial charge in [0.15, 0.2) is 0 Å². The van der Waals surface area contributed by atoms with Crippen molar-refractivity contribution in [2.45, 2.75) is 9.79 Å². The minimum Gasteiger partial charge on any atom is -0.399 e. The van der Waals surface area contributed by atoms with Crippen LogP contribution in [0.5, 0.6) is 0 Å². The molecule has 2 aromatic rings. The number of nitrogens with two attached hydrogens (primary N) is 1. The molecule has 21 heavy (non-hydrogen) atoms. The Balaban J connectivity index is 0.00000200. The van der Waals surface area contributed by atoms with Crippen molar-refractivity contribution in [1.82, 2.24) is 0 Å². The number of hydrogen-bond acceptors (Lipinski definition) is 5. The van der Waals surface area contributed by atoms with Crippen LogP contribution in [0.2, 0.25) is 0 Å². The van der Waals surface area contributed by atoms with Crippen LogP contribution in [-0.4, -0.2) is 85.1 Å². The Morgan fingerprint density at radius 1 is 0.810 bits per heavy atom. The van der Waals surface area contributed by atoms with Crippen molar-refractivity contribution in [3.05, 3.63) is 30.3 Å². The third-order valence-electron chi connectivity index (χ3n) is 2.50. The summed E-state index contributed by atoms with van der Waals surface area (Å²) < 4.78 is 63.1. The van der Waals surface area contributed by atoms with Gasteiger partial charge in [-0.2, -0.15) is 16.8 Å². The molecule has 0 spiro atoms. The zero-order valence-electron chi connectivity index (χ0n) is 11.3. The van der Waals surface area contributed by atoms with Crippen LogP contribution in [0.1, 0.15) is 0 Å².